The van der Waals surface area contributed by atoms with Crippen molar-refractivity contribution in [3.63, 3.8) is 0 Å². The van der Waals surface area contributed by atoms with Gasteiger partial charge in [0.15, 0.2) is 5.78 Å². The van der Waals surface area contributed by atoms with Crippen LogP contribution in [-0.2, 0) is 30.3 Å². The number of aromatic nitrogens is 1. The van der Waals surface area contributed by atoms with Crippen LogP contribution in [0.4, 0.5) is 0 Å². The Morgan fingerprint density at radius 1 is 1.10 bits per heavy atom. The summed E-state index contributed by atoms with van der Waals surface area (Å²) in [5.74, 6) is -2.61. The molecule has 39 heavy (non-hydrogen) atoms. The molecular formula is C25H28N2NaO8S3-. The van der Waals surface area contributed by atoms with Crippen molar-refractivity contribution in [2.75, 3.05) is 0 Å². The summed E-state index contributed by atoms with van der Waals surface area (Å²) in [5, 5.41) is -0.0763. The molecule has 0 saturated carbocycles. The number of carbonyl (C=O) groups is 4. The topological polar surface area (TPSA) is 164 Å². The minimum absolute atomic E-state index is 0. The van der Waals surface area contributed by atoms with Crippen LogP contribution in [0, 0.1) is 0 Å². The molecule has 1 aliphatic rings. The van der Waals surface area contributed by atoms with E-state index >= 15 is 0 Å². The van der Waals surface area contributed by atoms with E-state index in [1.807, 2.05) is 42.5 Å². The van der Waals surface area contributed by atoms with Gasteiger partial charge in [0.25, 0.3) is 11.8 Å². The fourth-order valence-corrected chi connectivity index (χ4v) is 6.19. The maximum atomic E-state index is 12.5. The number of ketones is 1. The largest absolute Gasteiger partial charge is 1.00 e. The first-order valence-corrected chi connectivity index (χ1v) is 15.1. The number of Topliss-reactive ketones (excluding diaryl/α,β-unsaturated/α-hetero) is 1. The minimum Gasteiger partial charge on any atom is -0.870 e. The van der Waals surface area contributed by atoms with Crippen molar-refractivity contribution in [2.45, 2.75) is 67.4 Å². The van der Waals surface area contributed by atoms with E-state index in [1.165, 1.54) is 0 Å². The van der Waals surface area contributed by atoms with Crippen molar-refractivity contribution in [1.29, 1.82) is 0 Å². The molecule has 14 heteroatoms. The molecule has 0 radical (unpaired) electrons. The van der Waals surface area contributed by atoms with Crippen LogP contribution < -0.4 is 29.6 Å². The van der Waals surface area contributed by atoms with E-state index in [4.69, 9.17) is 4.84 Å². The molecule has 3 rings (SSSR count). The van der Waals surface area contributed by atoms with Crippen LogP contribution in [0.1, 0.15) is 73.0 Å². The molecule has 0 spiro atoms. The number of hydrogen-bond donors (Lipinski definition) is 0. The first-order chi connectivity index (χ1) is 17.8. The zero-order chi connectivity index (χ0) is 26.8. The number of rotatable bonds is 14. The van der Waals surface area contributed by atoms with E-state index in [2.05, 4.69) is 11.9 Å². The zero-order valence-corrected chi connectivity index (χ0v) is 26.1. The van der Waals surface area contributed by atoms with Crippen LogP contribution >= 0.6 is 21.6 Å². The molecule has 1 saturated heterocycles. The van der Waals surface area contributed by atoms with E-state index < -0.39 is 40.5 Å². The molecule has 10 nitrogen and oxygen atoms in total. The van der Waals surface area contributed by atoms with Crippen molar-refractivity contribution in [1.82, 2.24) is 10.0 Å². The van der Waals surface area contributed by atoms with Crippen molar-refractivity contribution in [3.8, 4) is 0 Å². The molecule has 1 fully saturated rings. The average Bonchev–Trinajstić information content (AvgIpc) is 3.18. The van der Waals surface area contributed by atoms with Crippen LogP contribution in [-0.4, -0.2) is 53.1 Å². The number of imide groups is 1. The molecule has 1 aromatic carbocycles. The first-order valence-electron chi connectivity index (χ1n) is 11.8. The van der Waals surface area contributed by atoms with Crippen molar-refractivity contribution in [2.24, 2.45) is 0 Å². The summed E-state index contributed by atoms with van der Waals surface area (Å²) in [6.07, 6.45) is 4.14. The fourth-order valence-electron chi connectivity index (χ4n) is 3.54. The molecule has 3 atom stereocenters. The molecule has 2 heterocycles. The molecule has 1 aromatic heterocycles. The monoisotopic (exact) mass is 603 g/mol. The van der Waals surface area contributed by atoms with Crippen LogP contribution in [0.5, 0.6) is 0 Å². The van der Waals surface area contributed by atoms with Gasteiger partial charge in [-0.3, -0.25) is 18.6 Å². The average molecular weight is 604 g/mol. The van der Waals surface area contributed by atoms with Gasteiger partial charge in [0, 0.05) is 29.9 Å². The second kappa shape index (κ2) is 18.0. The van der Waals surface area contributed by atoms with E-state index in [0.29, 0.717) is 31.2 Å². The predicted molar refractivity (Wildman–Crippen MR) is 142 cm³/mol. The zero-order valence-electron chi connectivity index (χ0n) is 21.6. The van der Waals surface area contributed by atoms with Gasteiger partial charge in [0.05, 0.1) is 6.42 Å². The molecule has 1 aliphatic heterocycles. The Kier molecular flexibility index (Phi) is 16.3. The summed E-state index contributed by atoms with van der Waals surface area (Å²) in [4.78, 5) is 57.0. The summed E-state index contributed by atoms with van der Waals surface area (Å²) in [6, 6.07) is 13.5. The Morgan fingerprint density at radius 3 is 2.36 bits per heavy atom. The van der Waals surface area contributed by atoms with Crippen LogP contribution in [0.15, 0.2) is 53.7 Å². The minimum atomic E-state index is -2.75. The Hall–Kier alpha value is -1.58. The number of pyridine rings is 1. The van der Waals surface area contributed by atoms with Gasteiger partial charge in [0.1, 0.15) is 10.3 Å². The number of carbonyl (C=O) groups excluding carboxylic acids is 4. The number of benzene rings is 1. The van der Waals surface area contributed by atoms with Gasteiger partial charge in [-0.25, -0.2) is 9.78 Å². The third kappa shape index (κ3) is 11.1. The maximum Gasteiger partial charge on any atom is 1.00 e. The number of hydroxylamine groups is 2. The predicted octanol–water partition coefficient (Wildman–Crippen LogP) is 1.40. The van der Waals surface area contributed by atoms with E-state index in [0.717, 1.165) is 17.0 Å². The van der Waals surface area contributed by atoms with Crippen LogP contribution in [0.3, 0.4) is 0 Å². The fraction of sp³-hybridized carbons (Fsp3) is 0.400. The van der Waals surface area contributed by atoms with Gasteiger partial charge in [-0.05, 0) is 59.3 Å². The standard InChI is InChI=1S/C25H28N2O7S3.Na.H2O/c1-17(35-36-22-9-6-7-15-26-22)18-11-13-19(14-12-18)20(28)8-4-2-3-5-10-24(30)34-27-23(29)16-21(25(27)31)37(32)33;;/h6-7,9,11-15,17,21H,2-5,8,10,16H2,1H3,(H,32,33);;1H2/q;+1;/p-2. The quantitative estimate of drug-likeness (QED) is 0.0766. The Bertz CT molecular complexity index is 1140. The third-order valence-electron chi connectivity index (χ3n) is 5.64. The summed E-state index contributed by atoms with van der Waals surface area (Å²) in [5.41, 5.74) is 1.80. The van der Waals surface area contributed by atoms with Gasteiger partial charge in [-0.1, -0.05) is 54.0 Å². The van der Waals surface area contributed by atoms with Gasteiger partial charge in [-0.2, -0.15) is 0 Å². The van der Waals surface area contributed by atoms with Crippen LogP contribution in [0.25, 0.3) is 0 Å². The first kappa shape index (κ1) is 35.4. The number of amides is 2. The van der Waals surface area contributed by atoms with Crippen LogP contribution in [0.2, 0.25) is 0 Å². The summed E-state index contributed by atoms with van der Waals surface area (Å²) in [7, 11) is 3.32. The van der Waals surface area contributed by atoms with Crippen molar-refractivity contribution < 1.29 is 67.8 Å². The molecule has 3 unspecified atom stereocenters. The van der Waals surface area contributed by atoms with Gasteiger partial charge < -0.3 is 14.9 Å². The van der Waals surface area contributed by atoms with E-state index in [9.17, 15) is 27.9 Å². The van der Waals surface area contributed by atoms with E-state index in [1.54, 1.807) is 27.8 Å². The normalized spacial score (nSPS) is 16.2. The van der Waals surface area contributed by atoms with Gasteiger partial charge in [-0.15, -0.1) is 5.06 Å². The van der Waals surface area contributed by atoms with Crippen molar-refractivity contribution >= 4 is 56.2 Å². The molecule has 2 amide bonds. The molecule has 0 bridgehead atoms. The van der Waals surface area contributed by atoms with Crippen molar-refractivity contribution in [3.05, 3.63) is 59.8 Å². The second-order valence-corrected chi connectivity index (χ2v) is 12.0. The molecule has 1 N–H and O–H groups in total. The molecule has 2 aromatic rings. The summed E-state index contributed by atoms with van der Waals surface area (Å²) in [6.45, 7) is 2.11. The Balaban J connectivity index is 0.00000380. The smallest absolute Gasteiger partial charge is 0.870 e. The Labute approximate surface area is 259 Å². The van der Waals surface area contributed by atoms with E-state index in [-0.39, 0.29) is 57.6 Å². The summed E-state index contributed by atoms with van der Waals surface area (Å²) < 4.78 is 21.9. The summed E-state index contributed by atoms with van der Waals surface area (Å²) >= 11 is -2.75. The van der Waals surface area contributed by atoms with Gasteiger partial charge >= 0.3 is 35.5 Å². The third-order valence-corrected chi connectivity index (χ3v) is 9.21. The van der Waals surface area contributed by atoms with Gasteiger partial charge in [0.2, 0.25) is 0 Å². The molecule has 0 aliphatic carbocycles. The Morgan fingerprint density at radius 2 is 1.77 bits per heavy atom. The number of unbranched alkanes of at least 4 members (excludes halogenated alkanes) is 3. The maximum absolute atomic E-state index is 12.5. The molecular weight excluding hydrogens is 575 g/mol. The second-order valence-electron chi connectivity index (χ2n) is 8.39. The number of hydrogen-bond acceptors (Lipinski definition) is 11. The SMILES string of the molecule is CC(SSc1ccccn1)c1ccc(C(=O)CCCCCCC(=O)ON2C(=O)CC(S(=O)[O-])C2=O)cc1.[Na+].[OH-]. The molecule has 206 valence electrons. The number of nitrogens with zero attached hydrogens (tertiary/aromatic N) is 2.